The van der Waals surface area contributed by atoms with Crippen LogP contribution in [0.1, 0.15) is 5.69 Å². The molecule has 0 aromatic carbocycles. The van der Waals surface area contributed by atoms with E-state index in [1.54, 1.807) is 19.5 Å². The van der Waals surface area contributed by atoms with Crippen molar-refractivity contribution in [3.63, 3.8) is 0 Å². The second kappa shape index (κ2) is 4.74. The Morgan fingerprint density at radius 3 is 2.80 bits per heavy atom. The van der Waals surface area contributed by atoms with E-state index < -0.39 is 5.97 Å². The summed E-state index contributed by atoms with van der Waals surface area (Å²) >= 11 is 1.20. The first-order valence-electron chi connectivity index (χ1n) is 4.13. The predicted octanol–water partition coefficient (Wildman–Crippen LogP) is 0.864. The second-order valence-corrected chi connectivity index (χ2v) is 3.90. The summed E-state index contributed by atoms with van der Waals surface area (Å²) in [5.74, 6) is -0.939. The summed E-state index contributed by atoms with van der Waals surface area (Å²) in [4.78, 5) is 26.9. The quantitative estimate of drug-likeness (QED) is 0.805. The van der Waals surface area contributed by atoms with E-state index in [-0.39, 0.29) is 12.5 Å². The Kier molecular flexibility index (Phi) is 3.62. The average molecular weight is 229 g/mol. The molecular formula is C8H11N3O3S. The summed E-state index contributed by atoms with van der Waals surface area (Å²) in [5.41, 5.74) is 0.446. The van der Waals surface area contributed by atoms with Crippen molar-refractivity contribution in [1.82, 2.24) is 9.88 Å². The molecule has 0 unspecified atom stereocenters. The summed E-state index contributed by atoms with van der Waals surface area (Å²) in [5, 5.41) is 13.1. The molecule has 2 amide bonds. The molecule has 0 saturated carbocycles. The molecule has 1 aromatic rings. The number of aliphatic carboxylic acids is 1. The average Bonchev–Trinajstić information content (AvgIpc) is 2.51. The fourth-order valence-electron chi connectivity index (χ4n) is 0.804. The Balaban J connectivity index is 2.60. The molecule has 0 atom stereocenters. The van der Waals surface area contributed by atoms with Crippen molar-refractivity contribution in [2.24, 2.45) is 0 Å². The van der Waals surface area contributed by atoms with Gasteiger partial charge in [0, 0.05) is 19.5 Å². The third kappa shape index (κ3) is 3.55. The van der Waals surface area contributed by atoms with Crippen molar-refractivity contribution in [2.75, 3.05) is 19.4 Å². The van der Waals surface area contributed by atoms with Crippen molar-refractivity contribution < 1.29 is 14.7 Å². The minimum Gasteiger partial charge on any atom is -0.481 e. The molecular weight excluding hydrogens is 218 g/mol. The molecule has 0 radical (unpaired) electrons. The predicted molar refractivity (Wildman–Crippen MR) is 56.2 cm³/mol. The van der Waals surface area contributed by atoms with E-state index >= 15 is 0 Å². The van der Waals surface area contributed by atoms with Gasteiger partial charge in [0.15, 0.2) is 5.13 Å². The summed E-state index contributed by atoms with van der Waals surface area (Å²) in [6, 6.07) is -0.286. The number of hydrogen-bond acceptors (Lipinski definition) is 4. The normalized spacial score (nSPS) is 9.73. The van der Waals surface area contributed by atoms with Gasteiger partial charge in [-0.3, -0.25) is 10.1 Å². The largest absolute Gasteiger partial charge is 0.481 e. The molecule has 1 aromatic heterocycles. The van der Waals surface area contributed by atoms with E-state index in [1.807, 2.05) is 0 Å². The summed E-state index contributed by atoms with van der Waals surface area (Å²) in [7, 11) is 3.22. The standard InChI is InChI=1S/C8H11N3O3S/c1-11(2)8(14)10-7-9-5(4-15-7)3-6(12)13/h4H,3H2,1-2H3,(H,12,13)(H,9,10,14). The fourth-order valence-corrected chi connectivity index (χ4v) is 1.50. The Bertz CT molecular complexity index is 375. The van der Waals surface area contributed by atoms with Gasteiger partial charge in [0.1, 0.15) is 0 Å². The lowest BCUT2D eigenvalue weighted by atomic mass is 10.3. The van der Waals surface area contributed by atoms with Gasteiger partial charge < -0.3 is 10.0 Å². The maximum atomic E-state index is 11.2. The molecule has 2 N–H and O–H groups in total. The van der Waals surface area contributed by atoms with Gasteiger partial charge in [-0.2, -0.15) is 0 Å². The van der Waals surface area contributed by atoms with Gasteiger partial charge in [-0.15, -0.1) is 11.3 Å². The van der Waals surface area contributed by atoms with Crippen LogP contribution in [0.15, 0.2) is 5.38 Å². The third-order valence-corrected chi connectivity index (χ3v) is 2.31. The monoisotopic (exact) mass is 229 g/mol. The molecule has 0 aliphatic heterocycles. The van der Waals surface area contributed by atoms with Crippen molar-refractivity contribution in [2.45, 2.75) is 6.42 Å². The lowest BCUT2D eigenvalue weighted by Crippen LogP contribution is -2.27. The topological polar surface area (TPSA) is 82.5 Å². The molecule has 0 saturated heterocycles. The van der Waals surface area contributed by atoms with Gasteiger partial charge in [-0.25, -0.2) is 9.78 Å². The Morgan fingerprint density at radius 1 is 1.60 bits per heavy atom. The number of carboxylic acid groups (broad SMARTS) is 1. The molecule has 15 heavy (non-hydrogen) atoms. The van der Waals surface area contributed by atoms with Crippen molar-refractivity contribution in [3.05, 3.63) is 11.1 Å². The van der Waals surface area contributed by atoms with Crippen LogP contribution in [0.25, 0.3) is 0 Å². The van der Waals surface area contributed by atoms with Crippen LogP contribution in [0.3, 0.4) is 0 Å². The molecule has 0 spiro atoms. The lowest BCUT2D eigenvalue weighted by Gasteiger charge is -2.09. The number of anilines is 1. The summed E-state index contributed by atoms with van der Waals surface area (Å²) in [6.07, 6.45) is -0.131. The first-order chi connectivity index (χ1) is 6.99. The van der Waals surface area contributed by atoms with Gasteiger partial charge in [0.05, 0.1) is 12.1 Å². The van der Waals surface area contributed by atoms with E-state index in [1.165, 1.54) is 16.2 Å². The Hall–Kier alpha value is -1.63. The van der Waals surface area contributed by atoms with Crippen LogP contribution in [0.2, 0.25) is 0 Å². The number of thiazole rings is 1. The number of urea groups is 1. The molecule has 0 aliphatic carbocycles. The van der Waals surface area contributed by atoms with Gasteiger partial charge in [-0.05, 0) is 0 Å². The van der Waals surface area contributed by atoms with Crippen molar-refractivity contribution in [3.8, 4) is 0 Å². The highest BCUT2D eigenvalue weighted by molar-refractivity contribution is 7.13. The van der Waals surface area contributed by atoms with Gasteiger partial charge in [0.25, 0.3) is 0 Å². The number of carbonyl (C=O) groups excluding carboxylic acids is 1. The molecule has 6 nitrogen and oxygen atoms in total. The molecule has 1 rings (SSSR count). The molecule has 0 aliphatic rings. The number of hydrogen-bond donors (Lipinski definition) is 2. The molecule has 7 heteroatoms. The number of nitrogens with one attached hydrogen (secondary N) is 1. The van der Waals surface area contributed by atoms with Crippen LogP contribution in [0, 0.1) is 0 Å². The van der Waals surface area contributed by atoms with E-state index in [4.69, 9.17) is 5.11 Å². The minimum absolute atomic E-state index is 0.131. The van der Waals surface area contributed by atoms with Crippen LogP contribution >= 0.6 is 11.3 Å². The maximum Gasteiger partial charge on any atom is 0.323 e. The molecule has 82 valence electrons. The lowest BCUT2D eigenvalue weighted by molar-refractivity contribution is -0.136. The zero-order chi connectivity index (χ0) is 11.4. The Labute approximate surface area is 90.5 Å². The van der Waals surface area contributed by atoms with Crippen molar-refractivity contribution >= 4 is 28.5 Å². The molecule has 0 bridgehead atoms. The number of amides is 2. The number of carbonyl (C=O) groups is 2. The highest BCUT2D eigenvalue weighted by Gasteiger charge is 2.09. The van der Waals surface area contributed by atoms with E-state index in [0.29, 0.717) is 10.8 Å². The number of aromatic nitrogens is 1. The van der Waals surface area contributed by atoms with Crippen LogP contribution in [0.4, 0.5) is 9.93 Å². The molecule has 0 fully saturated rings. The first kappa shape index (κ1) is 11.4. The zero-order valence-electron chi connectivity index (χ0n) is 8.35. The smallest absolute Gasteiger partial charge is 0.323 e. The van der Waals surface area contributed by atoms with Gasteiger partial charge in [-0.1, -0.05) is 0 Å². The van der Waals surface area contributed by atoms with Crippen molar-refractivity contribution in [1.29, 1.82) is 0 Å². The van der Waals surface area contributed by atoms with Crippen LogP contribution < -0.4 is 5.32 Å². The number of carboxylic acids is 1. The SMILES string of the molecule is CN(C)C(=O)Nc1nc(CC(=O)O)cs1. The van der Waals surface area contributed by atoms with E-state index in [0.717, 1.165) is 0 Å². The highest BCUT2D eigenvalue weighted by atomic mass is 32.1. The summed E-state index contributed by atoms with van der Waals surface area (Å²) in [6.45, 7) is 0. The highest BCUT2D eigenvalue weighted by Crippen LogP contribution is 2.15. The molecule has 1 heterocycles. The van der Waals surface area contributed by atoms with Crippen LogP contribution in [-0.4, -0.2) is 41.1 Å². The number of rotatable bonds is 3. The van der Waals surface area contributed by atoms with Gasteiger partial charge >= 0.3 is 12.0 Å². The second-order valence-electron chi connectivity index (χ2n) is 3.04. The first-order valence-corrected chi connectivity index (χ1v) is 5.01. The Morgan fingerprint density at radius 2 is 2.27 bits per heavy atom. The van der Waals surface area contributed by atoms with E-state index in [2.05, 4.69) is 10.3 Å². The van der Waals surface area contributed by atoms with E-state index in [9.17, 15) is 9.59 Å². The fraction of sp³-hybridized carbons (Fsp3) is 0.375. The number of nitrogens with zero attached hydrogens (tertiary/aromatic N) is 2. The van der Waals surface area contributed by atoms with Gasteiger partial charge in [0.2, 0.25) is 0 Å². The van der Waals surface area contributed by atoms with Crippen LogP contribution in [0.5, 0.6) is 0 Å². The third-order valence-electron chi connectivity index (χ3n) is 1.50. The minimum atomic E-state index is -0.939. The van der Waals surface area contributed by atoms with Crippen LogP contribution in [-0.2, 0) is 11.2 Å². The zero-order valence-corrected chi connectivity index (χ0v) is 9.17. The maximum absolute atomic E-state index is 11.2. The summed E-state index contributed by atoms with van der Waals surface area (Å²) < 4.78 is 0.